The van der Waals surface area contributed by atoms with Gasteiger partial charge < -0.3 is 9.26 Å². The Balaban J connectivity index is 1.65. The van der Waals surface area contributed by atoms with Gasteiger partial charge >= 0.3 is 5.97 Å². The highest BCUT2D eigenvalue weighted by atomic mass is 16.5. The summed E-state index contributed by atoms with van der Waals surface area (Å²) in [5.41, 5.74) is 0.386. The Kier molecular flexibility index (Phi) is 3.26. The van der Waals surface area contributed by atoms with Crippen LogP contribution >= 0.6 is 0 Å². The molecule has 0 bridgehead atoms. The summed E-state index contributed by atoms with van der Waals surface area (Å²) in [4.78, 5) is 18.0. The monoisotopic (exact) mass is 265 g/mol. The minimum Gasteiger partial charge on any atom is -0.460 e. The summed E-state index contributed by atoms with van der Waals surface area (Å²) < 4.78 is 10.00. The lowest BCUT2D eigenvalue weighted by Crippen LogP contribution is -2.40. The molecule has 1 saturated carbocycles. The zero-order valence-electron chi connectivity index (χ0n) is 11.2. The van der Waals surface area contributed by atoms with Crippen LogP contribution in [0.2, 0.25) is 0 Å². The summed E-state index contributed by atoms with van der Waals surface area (Å²) in [7, 11) is 0. The molecule has 0 N–H and O–H groups in total. The zero-order valence-corrected chi connectivity index (χ0v) is 11.2. The molecule has 1 saturated heterocycles. The summed E-state index contributed by atoms with van der Waals surface area (Å²) in [6, 6.07) is 0. The van der Waals surface area contributed by atoms with E-state index < -0.39 is 5.97 Å². The second-order valence-electron chi connectivity index (χ2n) is 5.34. The molecular weight excluding hydrogens is 246 g/mol. The van der Waals surface area contributed by atoms with E-state index in [1.54, 1.807) is 6.92 Å². The van der Waals surface area contributed by atoms with Crippen molar-refractivity contribution in [1.29, 1.82) is 0 Å². The number of hydrogen-bond donors (Lipinski definition) is 0. The van der Waals surface area contributed by atoms with E-state index in [4.69, 9.17) is 9.26 Å². The molecule has 19 heavy (non-hydrogen) atoms. The van der Waals surface area contributed by atoms with Crippen LogP contribution in [0.1, 0.15) is 55.5 Å². The molecule has 104 valence electrons. The van der Waals surface area contributed by atoms with Gasteiger partial charge in [0.2, 0.25) is 5.89 Å². The molecule has 0 atom stereocenters. The standard InChI is InChI=1S/C13H19N3O3/c1-2-18-12(17)11-14-10(19-15-11)9-16-8-4-3-5-13(16)6-7-13/h2-9H2,1H3. The third-order valence-corrected chi connectivity index (χ3v) is 4.07. The maximum atomic E-state index is 11.5. The predicted octanol–water partition coefficient (Wildman–Crippen LogP) is 1.76. The molecule has 0 aromatic carbocycles. The van der Waals surface area contributed by atoms with E-state index in [0.29, 0.717) is 24.6 Å². The number of rotatable bonds is 4. The van der Waals surface area contributed by atoms with Gasteiger partial charge in [-0.1, -0.05) is 6.42 Å². The van der Waals surface area contributed by atoms with E-state index in [0.717, 1.165) is 6.54 Å². The molecule has 1 aromatic heterocycles. The van der Waals surface area contributed by atoms with Gasteiger partial charge in [0.15, 0.2) is 0 Å². The highest BCUT2D eigenvalue weighted by Gasteiger charge is 2.49. The van der Waals surface area contributed by atoms with E-state index >= 15 is 0 Å². The van der Waals surface area contributed by atoms with Crippen molar-refractivity contribution in [2.24, 2.45) is 0 Å². The maximum absolute atomic E-state index is 11.5. The first-order valence-electron chi connectivity index (χ1n) is 6.98. The Morgan fingerprint density at radius 2 is 2.26 bits per heavy atom. The fraction of sp³-hybridized carbons (Fsp3) is 0.769. The Bertz CT molecular complexity index is 467. The molecule has 6 nitrogen and oxygen atoms in total. The van der Waals surface area contributed by atoms with Crippen LogP contribution in [-0.2, 0) is 11.3 Å². The molecule has 1 aromatic rings. The van der Waals surface area contributed by atoms with E-state index in [1.807, 2.05) is 0 Å². The molecule has 2 heterocycles. The Hall–Kier alpha value is -1.43. The van der Waals surface area contributed by atoms with Gasteiger partial charge in [0.25, 0.3) is 5.82 Å². The summed E-state index contributed by atoms with van der Waals surface area (Å²) in [5, 5.41) is 3.68. The van der Waals surface area contributed by atoms with Crippen molar-refractivity contribution >= 4 is 5.97 Å². The first-order valence-corrected chi connectivity index (χ1v) is 6.98. The van der Waals surface area contributed by atoms with Gasteiger partial charge in [-0.15, -0.1) is 0 Å². The fourth-order valence-corrected chi connectivity index (χ4v) is 2.87. The van der Waals surface area contributed by atoms with Crippen molar-refractivity contribution in [2.75, 3.05) is 13.2 Å². The van der Waals surface area contributed by atoms with Crippen LogP contribution in [0.4, 0.5) is 0 Å². The van der Waals surface area contributed by atoms with Crippen LogP contribution < -0.4 is 0 Å². The number of carbonyl (C=O) groups excluding carboxylic acids is 1. The number of esters is 1. The Morgan fingerprint density at radius 3 is 3.00 bits per heavy atom. The average molecular weight is 265 g/mol. The molecule has 6 heteroatoms. The van der Waals surface area contributed by atoms with Crippen molar-refractivity contribution in [3.05, 3.63) is 11.7 Å². The van der Waals surface area contributed by atoms with Crippen LogP contribution in [0.25, 0.3) is 0 Å². The lowest BCUT2D eigenvalue weighted by molar-refractivity contribution is 0.0508. The lowest BCUT2D eigenvalue weighted by Gasteiger charge is -2.35. The van der Waals surface area contributed by atoms with Crippen LogP contribution in [0.5, 0.6) is 0 Å². The minimum absolute atomic E-state index is 0.0266. The van der Waals surface area contributed by atoms with Gasteiger partial charge in [-0.3, -0.25) is 4.90 Å². The SMILES string of the molecule is CCOC(=O)c1noc(CN2CCCCC23CC3)n1. The van der Waals surface area contributed by atoms with Gasteiger partial charge in [-0.25, -0.2) is 4.79 Å². The van der Waals surface area contributed by atoms with Crippen molar-refractivity contribution in [3.8, 4) is 0 Å². The highest BCUT2D eigenvalue weighted by Crippen LogP contribution is 2.48. The number of ether oxygens (including phenoxy) is 1. The first-order chi connectivity index (χ1) is 9.23. The predicted molar refractivity (Wildman–Crippen MR) is 66.5 cm³/mol. The minimum atomic E-state index is -0.516. The summed E-state index contributed by atoms with van der Waals surface area (Å²) in [6.07, 6.45) is 6.35. The lowest BCUT2D eigenvalue weighted by atomic mass is 10.0. The average Bonchev–Trinajstić information content (AvgIpc) is 3.01. The van der Waals surface area contributed by atoms with Gasteiger partial charge in [-0.2, -0.15) is 4.98 Å². The molecule has 0 unspecified atom stereocenters. The number of hydrogen-bond acceptors (Lipinski definition) is 6. The van der Waals surface area contributed by atoms with Crippen molar-refractivity contribution in [1.82, 2.24) is 15.0 Å². The van der Waals surface area contributed by atoms with Crippen molar-refractivity contribution < 1.29 is 14.1 Å². The van der Waals surface area contributed by atoms with Gasteiger partial charge in [0.05, 0.1) is 13.2 Å². The number of aromatic nitrogens is 2. The molecular formula is C13H19N3O3. The normalized spacial score (nSPS) is 21.5. The fourth-order valence-electron chi connectivity index (χ4n) is 2.87. The Morgan fingerprint density at radius 1 is 1.42 bits per heavy atom. The second-order valence-corrected chi connectivity index (χ2v) is 5.34. The molecule has 1 spiro atoms. The highest BCUT2D eigenvalue weighted by molar-refractivity contribution is 5.84. The molecule has 3 rings (SSSR count). The summed E-state index contributed by atoms with van der Waals surface area (Å²) in [5.74, 6) is 0.0206. The van der Waals surface area contributed by atoms with Crippen LogP contribution in [0.3, 0.4) is 0 Å². The number of likely N-dealkylation sites (tertiary alicyclic amines) is 1. The summed E-state index contributed by atoms with van der Waals surface area (Å²) in [6.45, 7) is 3.80. The molecule has 2 aliphatic rings. The molecule has 0 radical (unpaired) electrons. The third kappa shape index (κ3) is 2.49. The number of carbonyl (C=O) groups is 1. The van der Waals surface area contributed by atoms with Crippen molar-refractivity contribution in [3.63, 3.8) is 0 Å². The van der Waals surface area contributed by atoms with Gasteiger partial charge in [0.1, 0.15) is 0 Å². The third-order valence-electron chi connectivity index (χ3n) is 4.07. The topological polar surface area (TPSA) is 68.5 Å². The summed E-state index contributed by atoms with van der Waals surface area (Å²) >= 11 is 0. The molecule has 1 aliphatic carbocycles. The zero-order chi connectivity index (χ0) is 13.3. The van der Waals surface area contributed by atoms with E-state index in [-0.39, 0.29) is 5.82 Å². The molecule has 0 amide bonds. The van der Waals surface area contributed by atoms with Crippen LogP contribution in [-0.4, -0.2) is 39.7 Å². The second kappa shape index (κ2) is 4.92. The maximum Gasteiger partial charge on any atom is 0.379 e. The van der Waals surface area contributed by atoms with Gasteiger partial charge in [0, 0.05) is 5.54 Å². The van der Waals surface area contributed by atoms with E-state index in [2.05, 4.69) is 15.0 Å². The van der Waals surface area contributed by atoms with Crippen LogP contribution in [0.15, 0.2) is 4.52 Å². The van der Waals surface area contributed by atoms with E-state index in [1.165, 1.54) is 32.1 Å². The molecule has 1 aliphatic heterocycles. The van der Waals surface area contributed by atoms with Crippen molar-refractivity contribution in [2.45, 2.75) is 51.1 Å². The quantitative estimate of drug-likeness (QED) is 0.773. The van der Waals surface area contributed by atoms with Crippen LogP contribution in [0, 0.1) is 0 Å². The largest absolute Gasteiger partial charge is 0.460 e. The van der Waals surface area contributed by atoms with E-state index in [9.17, 15) is 4.79 Å². The molecule has 2 fully saturated rings. The number of piperidine rings is 1. The smallest absolute Gasteiger partial charge is 0.379 e. The first kappa shape index (κ1) is 12.6. The van der Waals surface area contributed by atoms with Gasteiger partial charge in [-0.05, 0) is 44.3 Å². The number of nitrogens with zero attached hydrogens (tertiary/aromatic N) is 3. The Labute approximate surface area is 112 Å².